The topological polar surface area (TPSA) is 63.0 Å². The molecule has 6 nitrogen and oxygen atoms in total. The first-order chi connectivity index (χ1) is 13.2. The molecule has 0 aliphatic carbocycles. The van der Waals surface area contributed by atoms with Gasteiger partial charge in [-0.2, -0.15) is 0 Å². The number of ether oxygens (including phenoxy) is 1. The Hall–Kier alpha value is -2.12. The molecule has 0 saturated carbocycles. The Morgan fingerprint density at radius 3 is 2.78 bits per heavy atom. The van der Waals surface area contributed by atoms with Crippen molar-refractivity contribution in [1.82, 2.24) is 9.80 Å². The van der Waals surface area contributed by atoms with E-state index in [2.05, 4.69) is 0 Å². The predicted molar refractivity (Wildman–Crippen MR) is 104 cm³/mol. The summed E-state index contributed by atoms with van der Waals surface area (Å²) in [5.41, 5.74) is 0. The van der Waals surface area contributed by atoms with Gasteiger partial charge in [-0.25, -0.2) is 0 Å². The zero-order valence-electron chi connectivity index (χ0n) is 15.6. The first kappa shape index (κ1) is 19.6. The van der Waals surface area contributed by atoms with Gasteiger partial charge in [0.25, 0.3) is 5.91 Å². The number of hydrogen-bond acceptors (Lipinski definition) is 5. The van der Waals surface area contributed by atoms with Crippen LogP contribution in [0.4, 0.5) is 0 Å². The monoisotopic (exact) mass is 390 g/mol. The van der Waals surface area contributed by atoms with Gasteiger partial charge in [0.15, 0.2) is 0 Å². The maximum absolute atomic E-state index is 13.1. The Labute approximate surface area is 163 Å². The van der Waals surface area contributed by atoms with Crippen molar-refractivity contribution in [3.63, 3.8) is 0 Å². The molecule has 27 heavy (non-hydrogen) atoms. The number of nitrogens with zero attached hydrogens (tertiary/aromatic N) is 2. The molecule has 1 fully saturated rings. The van der Waals surface area contributed by atoms with Crippen molar-refractivity contribution < 1.29 is 18.7 Å². The van der Waals surface area contributed by atoms with Crippen LogP contribution >= 0.6 is 11.3 Å². The van der Waals surface area contributed by atoms with E-state index in [9.17, 15) is 9.59 Å². The van der Waals surface area contributed by atoms with Crippen LogP contribution in [0.25, 0.3) is 0 Å². The second-order valence-electron chi connectivity index (χ2n) is 6.69. The van der Waals surface area contributed by atoms with Gasteiger partial charge in [0.2, 0.25) is 5.91 Å². The molecule has 0 radical (unpaired) electrons. The first-order valence-electron chi connectivity index (χ1n) is 9.42. The summed E-state index contributed by atoms with van der Waals surface area (Å²) in [6.07, 6.45) is 4.43. The van der Waals surface area contributed by atoms with Gasteiger partial charge in [-0.15, -0.1) is 11.3 Å². The summed E-state index contributed by atoms with van der Waals surface area (Å²) in [6, 6.07) is 7.32. The van der Waals surface area contributed by atoms with Crippen LogP contribution in [0, 0.1) is 0 Å². The summed E-state index contributed by atoms with van der Waals surface area (Å²) in [7, 11) is 0. The molecule has 0 unspecified atom stereocenters. The van der Waals surface area contributed by atoms with Crippen molar-refractivity contribution in [3.05, 3.63) is 46.5 Å². The van der Waals surface area contributed by atoms with Crippen molar-refractivity contribution in [2.24, 2.45) is 0 Å². The molecule has 3 rings (SSSR count). The average Bonchev–Trinajstić information content (AvgIpc) is 3.42. The van der Waals surface area contributed by atoms with E-state index in [-0.39, 0.29) is 24.5 Å². The molecule has 2 amide bonds. The molecule has 1 aliphatic heterocycles. The summed E-state index contributed by atoms with van der Waals surface area (Å²) >= 11 is 1.40. The molecule has 1 aliphatic rings. The fraction of sp³-hybridized carbons (Fsp3) is 0.500. The smallest absolute Gasteiger partial charge is 0.264 e. The first-order valence-corrected chi connectivity index (χ1v) is 10.3. The van der Waals surface area contributed by atoms with E-state index in [1.165, 1.54) is 11.3 Å². The van der Waals surface area contributed by atoms with Crippen LogP contribution in [-0.4, -0.2) is 54.0 Å². The molecule has 0 N–H and O–H groups in total. The van der Waals surface area contributed by atoms with E-state index in [4.69, 9.17) is 9.15 Å². The molecule has 0 aromatic carbocycles. The number of rotatable bonds is 9. The highest BCUT2D eigenvalue weighted by Gasteiger charge is 2.26. The highest BCUT2D eigenvalue weighted by molar-refractivity contribution is 7.12. The van der Waals surface area contributed by atoms with E-state index in [0.717, 1.165) is 31.6 Å². The lowest BCUT2D eigenvalue weighted by Crippen LogP contribution is -2.45. The third kappa shape index (κ3) is 5.43. The molecular weight excluding hydrogens is 364 g/mol. The number of carbonyl (C=O) groups is 2. The third-order valence-corrected chi connectivity index (χ3v) is 5.42. The van der Waals surface area contributed by atoms with Gasteiger partial charge in [0, 0.05) is 19.7 Å². The number of hydrogen-bond donors (Lipinski definition) is 0. The predicted octanol–water partition coefficient (Wildman–Crippen LogP) is 3.40. The van der Waals surface area contributed by atoms with Crippen molar-refractivity contribution in [1.29, 1.82) is 0 Å². The highest BCUT2D eigenvalue weighted by atomic mass is 32.1. The Kier molecular flexibility index (Phi) is 7.06. The Morgan fingerprint density at radius 2 is 2.15 bits per heavy atom. The van der Waals surface area contributed by atoms with Crippen LogP contribution < -0.4 is 0 Å². The Morgan fingerprint density at radius 1 is 1.26 bits per heavy atom. The van der Waals surface area contributed by atoms with Crippen LogP contribution in [0.5, 0.6) is 0 Å². The maximum Gasteiger partial charge on any atom is 0.264 e. The summed E-state index contributed by atoms with van der Waals surface area (Å²) in [4.78, 5) is 29.8. The molecule has 0 bridgehead atoms. The molecule has 146 valence electrons. The lowest BCUT2D eigenvalue weighted by Gasteiger charge is -2.28. The zero-order valence-corrected chi connectivity index (χ0v) is 16.5. The van der Waals surface area contributed by atoms with Crippen molar-refractivity contribution >= 4 is 23.2 Å². The summed E-state index contributed by atoms with van der Waals surface area (Å²) in [5.74, 6) is 0.559. The summed E-state index contributed by atoms with van der Waals surface area (Å²) in [5, 5.41) is 1.87. The highest BCUT2D eigenvalue weighted by Crippen LogP contribution is 2.17. The van der Waals surface area contributed by atoms with Crippen LogP contribution in [0.2, 0.25) is 0 Å². The van der Waals surface area contributed by atoms with Crippen LogP contribution in [0.3, 0.4) is 0 Å². The average molecular weight is 391 g/mol. The Balaban J connectivity index is 1.69. The van der Waals surface area contributed by atoms with E-state index >= 15 is 0 Å². The molecule has 0 spiro atoms. The summed E-state index contributed by atoms with van der Waals surface area (Å²) in [6.45, 7) is 4.28. The molecule has 1 atom stereocenters. The normalized spacial score (nSPS) is 16.4. The molecule has 7 heteroatoms. The maximum atomic E-state index is 13.1. The van der Waals surface area contributed by atoms with Crippen LogP contribution in [-0.2, 0) is 16.1 Å². The number of amides is 2. The Bertz CT molecular complexity index is 708. The van der Waals surface area contributed by atoms with Gasteiger partial charge in [-0.05, 0) is 42.8 Å². The molecule has 2 aromatic heterocycles. The van der Waals surface area contributed by atoms with Gasteiger partial charge < -0.3 is 19.0 Å². The SMILES string of the molecule is CCCN(CC(=O)N(Cc1ccco1)C[C@@H]1CCCO1)C(=O)c1cccs1. The van der Waals surface area contributed by atoms with Crippen molar-refractivity contribution in [2.75, 3.05) is 26.2 Å². The second kappa shape index (κ2) is 9.71. The van der Waals surface area contributed by atoms with E-state index in [1.54, 1.807) is 22.1 Å². The van der Waals surface area contributed by atoms with E-state index in [0.29, 0.717) is 24.5 Å². The number of thiophene rings is 1. The lowest BCUT2D eigenvalue weighted by molar-refractivity contribution is -0.134. The standard InChI is InChI=1S/C20H26N2O4S/c1-2-9-21(20(24)18-8-5-12-27-18)15-19(23)22(13-16-6-3-10-25-16)14-17-7-4-11-26-17/h3,5-6,8,10,12,17H,2,4,7,9,11,13-15H2,1H3/t17-/m0/s1. The fourth-order valence-electron chi connectivity index (χ4n) is 3.22. The number of furan rings is 1. The quantitative estimate of drug-likeness (QED) is 0.658. The lowest BCUT2D eigenvalue weighted by atomic mass is 10.2. The van der Waals surface area contributed by atoms with Gasteiger partial charge in [0.05, 0.1) is 23.8 Å². The second-order valence-corrected chi connectivity index (χ2v) is 7.64. The van der Waals surface area contributed by atoms with Gasteiger partial charge >= 0.3 is 0 Å². The van der Waals surface area contributed by atoms with Crippen LogP contribution in [0.15, 0.2) is 40.3 Å². The van der Waals surface area contributed by atoms with Gasteiger partial charge in [-0.1, -0.05) is 13.0 Å². The van der Waals surface area contributed by atoms with Crippen molar-refractivity contribution in [3.8, 4) is 0 Å². The third-order valence-electron chi connectivity index (χ3n) is 4.57. The largest absolute Gasteiger partial charge is 0.467 e. The molecule has 3 heterocycles. The van der Waals surface area contributed by atoms with Gasteiger partial charge in [-0.3, -0.25) is 9.59 Å². The summed E-state index contributed by atoms with van der Waals surface area (Å²) < 4.78 is 11.1. The molecule has 2 aromatic rings. The minimum absolute atomic E-state index is 0.0523. The van der Waals surface area contributed by atoms with E-state index in [1.807, 2.05) is 30.5 Å². The van der Waals surface area contributed by atoms with Crippen LogP contribution in [0.1, 0.15) is 41.6 Å². The zero-order chi connectivity index (χ0) is 19.1. The fourth-order valence-corrected chi connectivity index (χ4v) is 3.91. The van der Waals surface area contributed by atoms with E-state index < -0.39 is 0 Å². The molecular formula is C20H26N2O4S. The van der Waals surface area contributed by atoms with Crippen molar-refractivity contribution in [2.45, 2.75) is 38.8 Å². The molecule has 1 saturated heterocycles. The minimum atomic E-state index is -0.0877. The number of carbonyl (C=O) groups excluding carboxylic acids is 2. The van der Waals surface area contributed by atoms with Gasteiger partial charge in [0.1, 0.15) is 12.3 Å². The minimum Gasteiger partial charge on any atom is -0.467 e.